The number of aromatic nitrogens is 2. The molecular formula is C20H23N7O4S. The highest BCUT2D eigenvalue weighted by Gasteiger charge is 2.27. The van der Waals surface area contributed by atoms with Crippen LogP contribution in [0, 0.1) is 0 Å². The zero-order chi connectivity index (χ0) is 22.1. The average Bonchev–Trinajstić information content (AvgIpc) is 3.36. The van der Waals surface area contributed by atoms with Crippen LogP contribution >= 0.6 is 0 Å². The van der Waals surface area contributed by atoms with E-state index in [1.807, 2.05) is 10.5 Å². The lowest BCUT2D eigenvalue weighted by Gasteiger charge is -2.26. The van der Waals surface area contributed by atoms with E-state index in [2.05, 4.69) is 20.0 Å². The van der Waals surface area contributed by atoms with Crippen LogP contribution in [0.15, 0.2) is 51.1 Å². The van der Waals surface area contributed by atoms with Gasteiger partial charge >= 0.3 is 5.84 Å². The van der Waals surface area contributed by atoms with Gasteiger partial charge in [0.25, 0.3) is 10.2 Å². The minimum Gasteiger partial charge on any atom is -0.508 e. The second kappa shape index (κ2) is 8.37. The largest absolute Gasteiger partial charge is 0.508 e. The monoisotopic (exact) mass is 457 g/mol. The van der Waals surface area contributed by atoms with E-state index >= 15 is 0 Å². The third kappa shape index (κ3) is 3.99. The van der Waals surface area contributed by atoms with Gasteiger partial charge in [-0.15, -0.1) is 0 Å². The van der Waals surface area contributed by atoms with Crippen molar-refractivity contribution >= 4 is 28.2 Å². The molecule has 0 aliphatic carbocycles. The number of fused-ring (bicyclic) bond motifs is 1. The summed E-state index contributed by atoms with van der Waals surface area (Å²) in [5.74, 6) is 1.02. The average molecular weight is 458 g/mol. The topological polar surface area (TPSA) is 137 Å². The minimum atomic E-state index is -3.41. The summed E-state index contributed by atoms with van der Waals surface area (Å²) in [5, 5.41) is 13.1. The molecule has 1 unspecified atom stereocenters. The first-order valence-electron chi connectivity index (χ1n) is 10.3. The van der Waals surface area contributed by atoms with E-state index in [-0.39, 0.29) is 11.8 Å². The molecule has 2 aliphatic heterocycles. The zero-order valence-electron chi connectivity index (χ0n) is 17.2. The molecule has 0 radical (unpaired) electrons. The summed E-state index contributed by atoms with van der Waals surface area (Å²) in [6.07, 6.45) is 6.48. The number of rotatable bonds is 5. The molecule has 4 heterocycles. The minimum absolute atomic E-state index is 0.149. The Hall–Kier alpha value is -3.22. The smallest absolute Gasteiger partial charge is 0.306 e. The quantitative estimate of drug-likeness (QED) is 0.528. The zero-order valence-corrected chi connectivity index (χ0v) is 18.0. The summed E-state index contributed by atoms with van der Waals surface area (Å²) in [4.78, 5) is 13.7. The van der Waals surface area contributed by atoms with Crippen LogP contribution in [-0.4, -0.2) is 65.6 Å². The van der Waals surface area contributed by atoms with Crippen molar-refractivity contribution in [1.82, 2.24) is 23.7 Å². The van der Waals surface area contributed by atoms with Gasteiger partial charge in [-0.3, -0.25) is 4.40 Å². The molecule has 1 aromatic carbocycles. The standard InChI is InChI=1S/C20H23N7O4S/c28-15-4-1-3-14(13-15)17-18(27-11-12-31-20(27)25-17)16-5-7-21-19(24-16)22-8-10-26-9-2-6-23-32(26,29)30/h1,3-4,7,11-13,16,23,28H,2,5-6,8-10H2,(H,22,24). The number of aliphatic imine (C=N–C) groups is 2. The van der Waals surface area contributed by atoms with Crippen LogP contribution < -0.4 is 10.0 Å². The van der Waals surface area contributed by atoms with Gasteiger partial charge in [-0.25, -0.2) is 14.7 Å². The lowest BCUT2D eigenvalue weighted by atomic mass is 10.0. The second-order valence-electron chi connectivity index (χ2n) is 7.55. The van der Waals surface area contributed by atoms with Gasteiger partial charge in [0.05, 0.1) is 11.4 Å². The molecule has 32 heavy (non-hydrogen) atoms. The summed E-state index contributed by atoms with van der Waals surface area (Å²) < 4.78 is 35.4. The first-order chi connectivity index (χ1) is 15.5. The van der Waals surface area contributed by atoms with Gasteiger partial charge in [-0.05, 0) is 18.6 Å². The summed E-state index contributed by atoms with van der Waals surface area (Å²) in [6.45, 7) is 1.68. The van der Waals surface area contributed by atoms with Gasteiger partial charge in [-0.1, -0.05) is 12.1 Å². The molecule has 5 rings (SSSR count). The van der Waals surface area contributed by atoms with Crippen molar-refractivity contribution in [3.8, 4) is 17.0 Å². The lowest BCUT2D eigenvalue weighted by Crippen LogP contribution is -2.49. The van der Waals surface area contributed by atoms with Crippen molar-refractivity contribution in [2.24, 2.45) is 9.98 Å². The van der Waals surface area contributed by atoms with Crippen molar-refractivity contribution < 1.29 is 17.9 Å². The van der Waals surface area contributed by atoms with Crippen molar-refractivity contribution in [3.63, 3.8) is 0 Å². The Kier molecular flexibility index (Phi) is 5.41. The van der Waals surface area contributed by atoms with Gasteiger partial charge in [0, 0.05) is 50.6 Å². The first-order valence-corrected chi connectivity index (χ1v) is 11.8. The van der Waals surface area contributed by atoms with Gasteiger partial charge in [0.2, 0.25) is 5.96 Å². The molecule has 2 aliphatic rings. The van der Waals surface area contributed by atoms with Crippen LogP contribution in [0.2, 0.25) is 0 Å². The molecule has 11 nitrogen and oxygen atoms in total. The van der Waals surface area contributed by atoms with E-state index in [0.717, 1.165) is 17.7 Å². The molecule has 2 aromatic heterocycles. The molecule has 1 atom stereocenters. The number of aromatic hydroxyl groups is 1. The third-order valence-electron chi connectivity index (χ3n) is 5.41. The Labute approximate surface area is 184 Å². The van der Waals surface area contributed by atoms with Crippen LogP contribution in [0.4, 0.5) is 0 Å². The number of imidazole rings is 1. The molecule has 0 bridgehead atoms. The van der Waals surface area contributed by atoms with Crippen LogP contribution in [0.1, 0.15) is 24.6 Å². The SMILES string of the molecule is O=S1(=O)NCCCN1CCNC1=NC(c2c(-c3cccc(O)c3)nc3occn23)CC=N1. The van der Waals surface area contributed by atoms with E-state index in [0.29, 0.717) is 50.1 Å². The maximum atomic E-state index is 12.1. The summed E-state index contributed by atoms with van der Waals surface area (Å²) >= 11 is 0. The molecule has 1 fully saturated rings. The highest BCUT2D eigenvalue weighted by Crippen LogP contribution is 2.34. The third-order valence-corrected chi connectivity index (χ3v) is 7.02. The number of hydrogen-bond donors (Lipinski definition) is 3. The Morgan fingerprint density at radius 2 is 2.25 bits per heavy atom. The number of nitrogens with one attached hydrogen (secondary N) is 2. The fourth-order valence-electron chi connectivity index (χ4n) is 3.92. The van der Waals surface area contributed by atoms with Crippen LogP contribution in [0.3, 0.4) is 0 Å². The van der Waals surface area contributed by atoms with Crippen LogP contribution in [0.5, 0.6) is 5.75 Å². The van der Waals surface area contributed by atoms with E-state index in [9.17, 15) is 13.5 Å². The van der Waals surface area contributed by atoms with Crippen LogP contribution in [0.25, 0.3) is 17.1 Å². The number of oxazole rings is 1. The highest BCUT2D eigenvalue weighted by atomic mass is 32.2. The van der Waals surface area contributed by atoms with E-state index < -0.39 is 10.2 Å². The molecule has 1 saturated heterocycles. The fraction of sp³-hybridized carbons (Fsp3) is 0.350. The van der Waals surface area contributed by atoms with Crippen molar-refractivity contribution in [2.45, 2.75) is 18.9 Å². The normalized spacial score (nSPS) is 21.0. The van der Waals surface area contributed by atoms with E-state index in [1.54, 1.807) is 36.9 Å². The van der Waals surface area contributed by atoms with Gasteiger partial charge in [0.1, 0.15) is 18.1 Å². The molecule has 168 valence electrons. The first kappa shape index (κ1) is 20.7. The number of guanidine groups is 1. The molecule has 0 amide bonds. The number of phenolic OH excluding ortho intramolecular Hbond substituents is 1. The summed E-state index contributed by atoms with van der Waals surface area (Å²) in [6, 6.07) is 6.61. The van der Waals surface area contributed by atoms with E-state index in [1.165, 1.54) is 4.31 Å². The Morgan fingerprint density at radius 3 is 3.09 bits per heavy atom. The maximum Gasteiger partial charge on any atom is 0.306 e. The van der Waals surface area contributed by atoms with Gasteiger partial charge < -0.3 is 14.8 Å². The van der Waals surface area contributed by atoms with Crippen molar-refractivity contribution in [3.05, 3.63) is 42.4 Å². The van der Waals surface area contributed by atoms with Crippen LogP contribution in [-0.2, 0) is 10.2 Å². The highest BCUT2D eigenvalue weighted by molar-refractivity contribution is 7.87. The maximum absolute atomic E-state index is 12.1. The lowest BCUT2D eigenvalue weighted by molar-refractivity contribution is 0.377. The molecule has 12 heteroatoms. The molecule has 3 N–H and O–H groups in total. The van der Waals surface area contributed by atoms with Gasteiger partial charge in [0.15, 0.2) is 0 Å². The predicted molar refractivity (Wildman–Crippen MR) is 119 cm³/mol. The summed E-state index contributed by atoms with van der Waals surface area (Å²) in [5.41, 5.74) is 2.26. The second-order valence-corrected chi connectivity index (χ2v) is 9.30. The Balaban J connectivity index is 1.38. The van der Waals surface area contributed by atoms with Crippen molar-refractivity contribution in [2.75, 3.05) is 26.2 Å². The number of hydrogen-bond acceptors (Lipinski definition) is 8. The fourth-order valence-corrected chi connectivity index (χ4v) is 5.20. The Morgan fingerprint density at radius 1 is 1.34 bits per heavy atom. The summed E-state index contributed by atoms with van der Waals surface area (Å²) in [7, 11) is -3.41. The molecule has 0 spiro atoms. The number of phenols is 1. The van der Waals surface area contributed by atoms with Crippen molar-refractivity contribution in [1.29, 1.82) is 0 Å². The molecular weight excluding hydrogens is 434 g/mol. The Bertz CT molecular complexity index is 1290. The molecule has 0 saturated carbocycles. The predicted octanol–water partition coefficient (Wildman–Crippen LogP) is 1.30. The number of nitrogens with zero attached hydrogens (tertiary/aromatic N) is 5. The number of benzene rings is 1. The molecule has 3 aromatic rings. The van der Waals surface area contributed by atoms with E-state index in [4.69, 9.17) is 9.41 Å². The van der Waals surface area contributed by atoms with Gasteiger partial charge in [-0.2, -0.15) is 17.7 Å².